The molecule has 1 atom stereocenters. The summed E-state index contributed by atoms with van der Waals surface area (Å²) in [7, 11) is 0. The summed E-state index contributed by atoms with van der Waals surface area (Å²) in [5.74, 6) is 0.664. The van der Waals surface area contributed by atoms with Crippen molar-refractivity contribution in [2.75, 3.05) is 0 Å². The first-order chi connectivity index (χ1) is 14.1. The quantitative estimate of drug-likeness (QED) is 0.434. The summed E-state index contributed by atoms with van der Waals surface area (Å²) < 4.78 is 7.16. The van der Waals surface area contributed by atoms with Crippen LogP contribution >= 0.6 is 0 Å². The third-order valence-corrected chi connectivity index (χ3v) is 5.60. The van der Waals surface area contributed by atoms with Gasteiger partial charge in [0.25, 0.3) is 0 Å². The van der Waals surface area contributed by atoms with Gasteiger partial charge in [-0.05, 0) is 46.9 Å². The molecule has 0 saturated carbocycles. The molecule has 0 saturated heterocycles. The molecule has 0 bridgehead atoms. The number of carbonyl (C=O) groups is 1. The molecule has 146 valence electrons. The Morgan fingerprint density at radius 2 is 1.79 bits per heavy atom. The van der Waals surface area contributed by atoms with Crippen molar-refractivity contribution in [3.63, 3.8) is 0 Å². The summed E-state index contributed by atoms with van der Waals surface area (Å²) in [6.07, 6.45) is 2.90. The second kappa shape index (κ2) is 7.92. The van der Waals surface area contributed by atoms with Crippen LogP contribution in [-0.2, 0) is 11.3 Å². The largest absolute Gasteiger partial charge is 0.444 e. The topological polar surface area (TPSA) is 44.1 Å². The fourth-order valence-electron chi connectivity index (χ4n) is 3.80. The fourth-order valence-corrected chi connectivity index (χ4v) is 3.80. The molecule has 0 amide bonds. The Kier molecular flexibility index (Phi) is 5.17. The predicted molar refractivity (Wildman–Crippen MR) is 115 cm³/mol. The lowest BCUT2D eigenvalue weighted by Crippen LogP contribution is -2.18. The van der Waals surface area contributed by atoms with Gasteiger partial charge in [-0.1, -0.05) is 67.6 Å². The van der Waals surface area contributed by atoms with Crippen LogP contribution in [0.1, 0.15) is 40.9 Å². The molecule has 0 aliphatic carbocycles. The Morgan fingerprint density at radius 3 is 2.66 bits per heavy atom. The predicted octanol–water partition coefficient (Wildman–Crippen LogP) is 5.99. The number of hydrogen-bond donors (Lipinski definition) is 0. The lowest BCUT2D eigenvalue weighted by molar-refractivity contribution is 0.140. The van der Waals surface area contributed by atoms with E-state index in [-0.39, 0.29) is 12.5 Å². The molecule has 0 radical (unpaired) electrons. The van der Waals surface area contributed by atoms with Crippen molar-refractivity contribution in [2.24, 2.45) is 0 Å². The third-order valence-electron chi connectivity index (χ3n) is 5.60. The molecular formula is C25H24N2O2. The van der Waals surface area contributed by atoms with Crippen LogP contribution in [0.2, 0.25) is 0 Å². The number of aryl methyl sites for hydroxylation is 1. The number of rotatable bonds is 4. The van der Waals surface area contributed by atoms with Crippen molar-refractivity contribution >= 4 is 16.9 Å². The lowest BCUT2D eigenvalue weighted by atomic mass is 9.93. The maximum Gasteiger partial charge on any atom is 0.419 e. The van der Waals surface area contributed by atoms with Crippen LogP contribution < -0.4 is 0 Å². The number of fused-ring (bicyclic) bond motifs is 1. The van der Waals surface area contributed by atoms with Gasteiger partial charge in [0.1, 0.15) is 12.4 Å². The maximum atomic E-state index is 12.8. The molecule has 4 heteroatoms. The summed E-state index contributed by atoms with van der Waals surface area (Å²) in [6, 6.07) is 20.4. The summed E-state index contributed by atoms with van der Waals surface area (Å²) in [5, 5.41) is 2.23. The highest BCUT2D eigenvalue weighted by atomic mass is 16.5. The van der Waals surface area contributed by atoms with E-state index in [1.165, 1.54) is 21.3 Å². The van der Waals surface area contributed by atoms with Crippen molar-refractivity contribution < 1.29 is 9.53 Å². The zero-order valence-corrected chi connectivity index (χ0v) is 16.9. The number of imidazole rings is 1. The van der Waals surface area contributed by atoms with Crippen LogP contribution in [0.3, 0.4) is 0 Å². The molecular weight excluding hydrogens is 360 g/mol. The molecule has 0 spiro atoms. The minimum Gasteiger partial charge on any atom is -0.444 e. The number of nitrogens with zero attached hydrogens (tertiary/aromatic N) is 2. The standard InChI is InChI=1S/C25H24N2O2/c1-17-8-6-13-22(18(17)2)19(3)24-26-14-15-27(24)25(28)29-16-21-11-7-10-20-9-4-5-12-23(20)21/h4-15,19H,16H2,1-3H3/t19-/m0/s1. The summed E-state index contributed by atoms with van der Waals surface area (Å²) in [4.78, 5) is 17.3. The van der Waals surface area contributed by atoms with Gasteiger partial charge in [0, 0.05) is 18.3 Å². The van der Waals surface area contributed by atoms with Gasteiger partial charge in [-0.2, -0.15) is 0 Å². The highest BCUT2D eigenvalue weighted by molar-refractivity contribution is 5.85. The number of benzene rings is 3. The lowest BCUT2D eigenvalue weighted by Gasteiger charge is -2.17. The number of hydrogen-bond acceptors (Lipinski definition) is 3. The second-order valence-corrected chi connectivity index (χ2v) is 7.36. The van der Waals surface area contributed by atoms with Gasteiger partial charge in [0.05, 0.1) is 0 Å². The van der Waals surface area contributed by atoms with Crippen molar-refractivity contribution in [3.05, 3.63) is 101 Å². The number of ether oxygens (including phenoxy) is 1. The van der Waals surface area contributed by atoms with E-state index in [2.05, 4.69) is 50.0 Å². The highest BCUT2D eigenvalue weighted by Gasteiger charge is 2.21. The van der Waals surface area contributed by atoms with E-state index < -0.39 is 6.09 Å². The van der Waals surface area contributed by atoms with Crippen LogP contribution in [0.5, 0.6) is 0 Å². The Balaban J connectivity index is 1.56. The summed E-state index contributed by atoms with van der Waals surface area (Å²) in [6.45, 7) is 6.48. The SMILES string of the molecule is Cc1cccc([C@H](C)c2nccn2C(=O)OCc2cccc3ccccc23)c1C. The molecule has 4 rings (SSSR count). The van der Waals surface area contributed by atoms with E-state index in [0.717, 1.165) is 16.3 Å². The van der Waals surface area contributed by atoms with Crippen molar-refractivity contribution in [1.29, 1.82) is 0 Å². The highest BCUT2D eigenvalue weighted by Crippen LogP contribution is 2.27. The normalized spacial score (nSPS) is 12.1. The van der Waals surface area contributed by atoms with E-state index in [1.807, 2.05) is 36.4 Å². The van der Waals surface area contributed by atoms with E-state index in [1.54, 1.807) is 12.4 Å². The molecule has 0 aliphatic rings. The number of carbonyl (C=O) groups excluding carboxylic acids is 1. The molecule has 1 heterocycles. The molecule has 0 fully saturated rings. The van der Waals surface area contributed by atoms with Gasteiger partial charge in [0.2, 0.25) is 0 Å². The Morgan fingerprint density at radius 1 is 1.03 bits per heavy atom. The second-order valence-electron chi connectivity index (χ2n) is 7.36. The van der Waals surface area contributed by atoms with Crippen molar-refractivity contribution in [2.45, 2.75) is 33.3 Å². The summed E-state index contributed by atoms with van der Waals surface area (Å²) >= 11 is 0. The first-order valence-electron chi connectivity index (χ1n) is 9.79. The Labute approximate surface area is 170 Å². The van der Waals surface area contributed by atoms with Gasteiger partial charge < -0.3 is 4.74 Å². The smallest absolute Gasteiger partial charge is 0.419 e. The van der Waals surface area contributed by atoms with Gasteiger partial charge >= 0.3 is 6.09 Å². The third kappa shape index (κ3) is 3.66. The van der Waals surface area contributed by atoms with Crippen LogP contribution in [0.15, 0.2) is 73.1 Å². The van der Waals surface area contributed by atoms with Crippen LogP contribution in [0.4, 0.5) is 4.79 Å². The van der Waals surface area contributed by atoms with Crippen LogP contribution in [0.25, 0.3) is 10.8 Å². The van der Waals surface area contributed by atoms with Crippen LogP contribution in [-0.4, -0.2) is 15.6 Å². The average Bonchev–Trinajstić information content (AvgIpc) is 3.23. The molecule has 3 aromatic carbocycles. The molecule has 0 N–H and O–H groups in total. The zero-order valence-electron chi connectivity index (χ0n) is 16.9. The van der Waals surface area contributed by atoms with Gasteiger partial charge in [-0.3, -0.25) is 0 Å². The van der Waals surface area contributed by atoms with E-state index in [4.69, 9.17) is 4.74 Å². The molecule has 0 unspecified atom stereocenters. The first kappa shape index (κ1) is 18.9. The first-order valence-corrected chi connectivity index (χ1v) is 9.79. The molecule has 4 aromatic rings. The fraction of sp³-hybridized carbons (Fsp3) is 0.200. The average molecular weight is 384 g/mol. The number of aromatic nitrogens is 2. The Hall–Kier alpha value is -3.40. The molecule has 29 heavy (non-hydrogen) atoms. The van der Waals surface area contributed by atoms with Crippen molar-refractivity contribution in [1.82, 2.24) is 9.55 Å². The van der Waals surface area contributed by atoms with Gasteiger partial charge in [0.15, 0.2) is 0 Å². The zero-order chi connectivity index (χ0) is 20.4. The minimum atomic E-state index is -0.414. The van der Waals surface area contributed by atoms with E-state index in [0.29, 0.717) is 5.82 Å². The molecule has 1 aromatic heterocycles. The minimum absolute atomic E-state index is 0.0185. The maximum absolute atomic E-state index is 12.8. The van der Waals surface area contributed by atoms with Gasteiger partial charge in [-0.15, -0.1) is 0 Å². The van der Waals surface area contributed by atoms with E-state index >= 15 is 0 Å². The summed E-state index contributed by atoms with van der Waals surface area (Å²) in [5.41, 5.74) is 4.60. The molecule has 0 aliphatic heterocycles. The Bertz CT molecular complexity index is 1170. The molecule has 4 nitrogen and oxygen atoms in total. The van der Waals surface area contributed by atoms with E-state index in [9.17, 15) is 4.79 Å². The van der Waals surface area contributed by atoms with Gasteiger partial charge in [-0.25, -0.2) is 14.3 Å². The monoisotopic (exact) mass is 384 g/mol. The van der Waals surface area contributed by atoms with Crippen molar-refractivity contribution in [3.8, 4) is 0 Å². The van der Waals surface area contributed by atoms with Crippen LogP contribution in [0, 0.1) is 13.8 Å².